The molecule has 1 aliphatic rings. The van der Waals surface area contributed by atoms with E-state index in [-0.39, 0.29) is 18.4 Å². The van der Waals surface area contributed by atoms with E-state index in [4.69, 9.17) is 0 Å². The Bertz CT molecular complexity index is 805. The van der Waals surface area contributed by atoms with Crippen molar-refractivity contribution in [3.8, 4) is 0 Å². The second kappa shape index (κ2) is 11.2. The predicted molar refractivity (Wildman–Crippen MR) is 116 cm³/mol. The van der Waals surface area contributed by atoms with Crippen molar-refractivity contribution in [2.45, 2.75) is 19.4 Å². The number of piperidine rings is 1. The summed E-state index contributed by atoms with van der Waals surface area (Å²) in [5, 5.41) is 5.60. The molecule has 2 aromatic rings. The summed E-state index contributed by atoms with van der Waals surface area (Å²) in [5.41, 5.74) is 2.27. The van der Waals surface area contributed by atoms with Gasteiger partial charge in [0.2, 0.25) is 11.8 Å². The Morgan fingerprint density at radius 2 is 1.72 bits per heavy atom. The zero-order valence-electron chi connectivity index (χ0n) is 16.7. The van der Waals surface area contributed by atoms with E-state index in [9.17, 15) is 9.59 Å². The highest BCUT2D eigenvalue weighted by atomic mass is 16.2. The minimum atomic E-state index is -0.268. The summed E-state index contributed by atoms with van der Waals surface area (Å²) < 4.78 is 0. The van der Waals surface area contributed by atoms with Crippen molar-refractivity contribution in [1.82, 2.24) is 15.5 Å². The van der Waals surface area contributed by atoms with E-state index in [2.05, 4.69) is 39.8 Å². The van der Waals surface area contributed by atoms with Gasteiger partial charge in [0.15, 0.2) is 0 Å². The number of hydrogen-bond acceptors (Lipinski definition) is 3. The Morgan fingerprint density at radius 3 is 2.48 bits per heavy atom. The van der Waals surface area contributed by atoms with Crippen LogP contribution in [0.5, 0.6) is 0 Å². The second-order valence-corrected chi connectivity index (χ2v) is 7.49. The maximum Gasteiger partial charge on any atom is 0.244 e. The molecule has 0 aromatic heterocycles. The molecule has 0 radical (unpaired) electrons. The Kier molecular flexibility index (Phi) is 8.01. The first kappa shape index (κ1) is 20.8. The van der Waals surface area contributed by atoms with E-state index in [1.54, 1.807) is 6.08 Å². The molecule has 0 aliphatic carbocycles. The predicted octanol–water partition coefficient (Wildman–Crippen LogP) is 2.84. The van der Waals surface area contributed by atoms with Gasteiger partial charge in [0, 0.05) is 25.7 Å². The van der Waals surface area contributed by atoms with Gasteiger partial charge < -0.3 is 10.6 Å². The lowest BCUT2D eigenvalue weighted by Crippen LogP contribution is -2.43. The van der Waals surface area contributed by atoms with E-state index in [0.29, 0.717) is 12.5 Å². The minimum absolute atomic E-state index is 0.00157. The summed E-state index contributed by atoms with van der Waals surface area (Å²) >= 11 is 0. The summed E-state index contributed by atoms with van der Waals surface area (Å²) in [6.45, 7) is 3.69. The maximum atomic E-state index is 12.1. The Labute approximate surface area is 172 Å². The van der Waals surface area contributed by atoms with Crippen LogP contribution in [0.4, 0.5) is 0 Å². The third kappa shape index (κ3) is 7.54. The molecule has 1 fully saturated rings. The van der Waals surface area contributed by atoms with Crippen molar-refractivity contribution in [2.24, 2.45) is 5.92 Å². The van der Waals surface area contributed by atoms with Crippen LogP contribution in [0.25, 0.3) is 6.08 Å². The molecule has 0 bridgehead atoms. The number of rotatable bonds is 8. The zero-order chi connectivity index (χ0) is 20.3. The van der Waals surface area contributed by atoms with Crippen LogP contribution < -0.4 is 10.6 Å². The molecule has 3 rings (SSSR count). The van der Waals surface area contributed by atoms with E-state index in [1.165, 1.54) is 11.6 Å². The molecule has 1 atom stereocenters. The van der Waals surface area contributed by atoms with Crippen molar-refractivity contribution in [2.75, 3.05) is 26.2 Å². The Morgan fingerprint density at radius 1 is 1.00 bits per heavy atom. The molecule has 1 aliphatic heterocycles. The number of nitrogens with one attached hydrogen (secondary N) is 2. The van der Waals surface area contributed by atoms with Crippen LogP contribution >= 0.6 is 0 Å². The molecule has 1 saturated heterocycles. The zero-order valence-corrected chi connectivity index (χ0v) is 16.7. The maximum absolute atomic E-state index is 12.1. The van der Waals surface area contributed by atoms with Gasteiger partial charge in [-0.25, -0.2) is 0 Å². The molecule has 2 amide bonds. The van der Waals surface area contributed by atoms with E-state index >= 15 is 0 Å². The van der Waals surface area contributed by atoms with Crippen LogP contribution in [0.3, 0.4) is 0 Å². The van der Waals surface area contributed by atoms with Gasteiger partial charge in [-0.05, 0) is 42.5 Å². The fourth-order valence-corrected chi connectivity index (χ4v) is 3.59. The van der Waals surface area contributed by atoms with Gasteiger partial charge >= 0.3 is 0 Å². The molecule has 0 saturated carbocycles. The normalized spacial score (nSPS) is 17.2. The van der Waals surface area contributed by atoms with Crippen LogP contribution in [0.1, 0.15) is 24.0 Å². The van der Waals surface area contributed by atoms with Crippen molar-refractivity contribution < 1.29 is 9.59 Å². The number of nitrogens with zero attached hydrogens (tertiary/aromatic N) is 1. The van der Waals surface area contributed by atoms with Crippen molar-refractivity contribution in [3.05, 3.63) is 77.9 Å². The van der Waals surface area contributed by atoms with Crippen molar-refractivity contribution in [1.29, 1.82) is 0 Å². The molecule has 1 unspecified atom stereocenters. The van der Waals surface area contributed by atoms with Gasteiger partial charge in [0.05, 0.1) is 6.54 Å². The van der Waals surface area contributed by atoms with E-state index in [1.807, 2.05) is 36.4 Å². The fraction of sp³-hybridized carbons (Fsp3) is 0.333. The molecule has 1 heterocycles. The summed E-state index contributed by atoms with van der Waals surface area (Å²) in [4.78, 5) is 26.4. The van der Waals surface area contributed by atoms with Crippen LogP contribution in [-0.2, 0) is 16.1 Å². The number of benzene rings is 2. The third-order valence-corrected chi connectivity index (χ3v) is 5.09. The molecular formula is C24H29N3O2. The van der Waals surface area contributed by atoms with E-state index < -0.39 is 0 Å². The van der Waals surface area contributed by atoms with Gasteiger partial charge in [0.1, 0.15) is 0 Å². The molecule has 2 N–H and O–H groups in total. The molecular weight excluding hydrogens is 362 g/mol. The summed E-state index contributed by atoms with van der Waals surface area (Å²) in [6, 6.07) is 20.1. The first-order valence-corrected chi connectivity index (χ1v) is 10.2. The molecule has 5 nitrogen and oxygen atoms in total. The van der Waals surface area contributed by atoms with Crippen LogP contribution in [0.2, 0.25) is 0 Å². The molecule has 152 valence electrons. The summed E-state index contributed by atoms with van der Waals surface area (Å²) in [7, 11) is 0. The number of carbonyl (C=O) groups excluding carboxylic acids is 2. The van der Waals surface area contributed by atoms with Crippen molar-refractivity contribution >= 4 is 17.9 Å². The van der Waals surface area contributed by atoms with Gasteiger partial charge in [0.25, 0.3) is 0 Å². The number of amides is 2. The molecule has 29 heavy (non-hydrogen) atoms. The highest BCUT2D eigenvalue weighted by molar-refractivity contribution is 5.94. The third-order valence-electron chi connectivity index (χ3n) is 5.09. The lowest BCUT2D eigenvalue weighted by atomic mass is 9.97. The highest BCUT2D eigenvalue weighted by Gasteiger charge is 2.20. The highest BCUT2D eigenvalue weighted by Crippen LogP contribution is 2.18. The minimum Gasteiger partial charge on any atom is -0.354 e. The Balaban J connectivity index is 1.34. The monoisotopic (exact) mass is 391 g/mol. The lowest BCUT2D eigenvalue weighted by Gasteiger charge is -2.32. The average Bonchev–Trinajstić information content (AvgIpc) is 2.76. The number of hydrogen-bond donors (Lipinski definition) is 2. The van der Waals surface area contributed by atoms with Gasteiger partial charge in [-0.1, -0.05) is 60.7 Å². The summed E-state index contributed by atoms with van der Waals surface area (Å²) in [6.07, 6.45) is 5.45. The first-order chi connectivity index (χ1) is 14.2. The van der Waals surface area contributed by atoms with Gasteiger partial charge in [-0.2, -0.15) is 0 Å². The second-order valence-electron chi connectivity index (χ2n) is 7.49. The van der Waals surface area contributed by atoms with E-state index in [0.717, 1.165) is 38.0 Å². The molecule has 5 heteroatoms. The van der Waals surface area contributed by atoms with Crippen molar-refractivity contribution in [3.63, 3.8) is 0 Å². The quantitative estimate of drug-likeness (QED) is 0.681. The van der Waals surface area contributed by atoms with Crippen LogP contribution in [-0.4, -0.2) is 42.9 Å². The Hall–Kier alpha value is -2.92. The SMILES string of the molecule is O=C(/C=C/c1ccccc1)NCC(=O)NCC1CCCN(Cc2ccccc2)C1. The first-order valence-electron chi connectivity index (χ1n) is 10.2. The summed E-state index contributed by atoms with van der Waals surface area (Å²) in [5.74, 6) is 0.0347. The lowest BCUT2D eigenvalue weighted by molar-refractivity contribution is -0.124. The molecule has 2 aromatic carbocycles. The fourth-order valence-electron chi connectivity index (χ4n) is 3.59. The largest absolute Gasteiger partial charge is 0.354 e. The van der Waals surface area contributed by atoms with Crippen LogP contribution in [0.15, 0.2) is 66.7 Å². The number of carbonyl (C=O) groups is 2. The molecule has 0 spiro atoms. The topological polar surface area (TPSA) is 61.4 Å². The average molecular weight is 392 g/mol. The smallest absolute Gasteiger partial charge is 0.244 e. The van der Waals surface area contributed by atoms with Crippen LogP contribution in [0, 0.1) is 5.92 Å². The number of likely N-dealkylation sites (tertiary alicyclic amines) is 1. The van der Waals surface area contributed by atoms with Gasteiger partial charge in [-0.15, -0.1) is 0 Å². The van der Waals surface area contributed by atoms with Gasteiger partial charge in [-0.3, -0.25) is 14.5 Å². The standard InChI is InChI=1S/C24H29N3O2/c28-23(14-13-20-8-3-1-4-9-20)26-17-24(29)25-16-22-12-7-15-27(19-22)18-21-10-5-2-6-11-21/h1-6,8-11,13-14,22H,7,12,15-19H2,(H,25,29)(H,26,28)/b14-13+.